The van der Waals surface area contributed by atoms with E-state index in [2.05, 4.69) is 5.32 Å². The molecule has 1 unspecified atom stereocenters. The Morgan fingerprint density at radius 1 is 1.35 bits per heavy atom. The molecule has 4 nitrogen and oxygen atoms in total. The molecular weight excluding hydrogens is 218 g/mol. The maximum absolute atomic E-state index is 10.2. The molecule has 2 rings (SSSR count). The SMILES string of the molecule is Cc1ccc(C(C)(O)CNCc2ccco2)o1. The first-order valence-corrected chi connectivity index (χ1v) is 5.60. The summed E-state index contributed by atoms with van der Waals surface area (Å²) in [6.45, 7) is 4.57. The van der Waals surface area contributed by atoms with Crippen molar-refractivity contribution in [1.29, 1.82) is 0 Å². The summed E-state index contributed by atoms with van der Waals surface area (Å²) in [5, 5.41) is 13.4. The highest BCUT2D eigenvalue weighted by atomic mass is 16.4. The van der Waals surface area contributed by atoms with Crippen molar-refractivity contribution in [3.05, 3.63) is 47.8 Å². The molecule has 1 atom stereocenters. The summed E-state index contributed by atoms with van der Waals surface area (Å²) in [5.74, 6) is 2.21. The molecule has 2 heterocycles. The molecule has 92 valence electrons. The van der Waals surface area contributed by atoms with Gasteiger partial charge in [0.1, 0.15) is 22.9 Å². The van der Waals surface area contributed by atoms with Crippen LogP contribution >= 0.6 is 0 Å². The van der Waals surface area contributed by atoms with Gasteiger partial charge in [-0.05, 0) is 38.1 Å². The van der Waals surface area contributed by atoms with Gasteiger partial charge in [-0.2, -0.15) is 0 Å². The predicted octanol–water partition coefficient (Wildman–Crippen LogP) is 2.18. The first-order valence-electron chi connectivity index (χ1n) is 5.60. The fourth-order valence-electron chi connectivity index (χ4n) is 1.65. The summed E-state index contributed by atoms with van der Waals surface area (Å²) in [7, 11) is 0. The van der Waals surface area contributed by atoms with Crippen LogP contribution in [0.3, 0.4) is 0 Å². The van der Waals surface area contributed by atoms with Gasteiger partial charge < -0.3 is 19.3 Å². The molecule has 0 aliphatic heterocycles. The van der Waals surface area contributed by atoms with E-state index < -0.39 is 5.60 Å². The Bertz CT molecular complexity index is 457. The molecule has 2 aromatic heterocycles. The molecule has 0 spiro atoms. The van der Waals surface area contributed by atoms with Gasteiger partial charge in [-0.3, -0.25) is 0 Å². The van der Waals surface area contributed by atoms with Gasteiger partial charge in [0.05, 0.1) is 12.8 Å². The topological polar surface area (TPSA) is 58.5 Å². The maximum atomic E-state index is 10.2. The average molecular weight is 235 g/mol. The lowest BCUT2D eigenvalue weighted by molar-refractivity contribution is 0.0329. The standard InChI is InChI=1S/C13H17NO3/c1-10-5-6-12(17-10)13(2,15)9-14-8-11-4-3-7-16-11/h3-7,14-15H,8-9H2,1-2H3. The molecular formula is C13H17NO3. The molecule has 0 aliphatic rings. The second kappa shape index (κ2) is 4.77. The van der Waals surface area contributed by atoms with Crippen LogP contribution < -0.4 is 5.32 Å². The molecule has 2 N–H and O–H groups in total. The highest BCUT2D eigenvalue weighted by molar-refractivity contribution is 5.13. The smallest absolute Gasteiger partial charge is 0.136 e. The van der Waals surface area contributed by atoms with Gasteiger partial charge in [0.25, 0.3) is 0 Å². The Labute approximate surface area is 100 Å². The fraction of sp³-hybridized carbons (Fsp3) is 0.385. The van der Waals surface area contributed by atoms with Gasteiger partial charge in [-0.25, -0.2) is 0 Å². The van der Waals surface area contributed by atoms with E-state index in [0.717, 1.165) is 11.5 Å². The van der Waals surface area contributed by atoms with Crippen molar-refractivity contribution in [3.8, 4) is 0 Å². The van der Waals surface area contributed by atoms with E-state index in [9.17, 15) is 5.11 Å². The maximum Gasteiger partial charge on any atom is 0.136 e. The van der Waals surface area contributed by atoms with Crippen LogP contribution in [0.15, 0.2) is 39.4 Å². The Morgan fingerprint density at radius 2 is 2.18 bits per heavy atom. The number of rotatable bonds is 5. The van der Waals surface area contributed by atoms with Gasteiger partial charge in [0.2, 0.25) is 0 Å². The second-order valence-electron chi connectivity index (χ2n) is 4.37. The zero-order valence-corrected chi connectivity index (χ0v) is 10.1. The van der Waals surface area contributed by atoms with Crippen LogP contribution in [0.5, 0.6) is 0 Å². The average Bonchev–Trinajstić information content (AvgIpc) is 2.89. The van der Waals surface area contributed by atoms with Crippen molar-refractivity contribution in [3.63, 3.8) is 0 Å². The van der Waals surface area contributed by atoms with Crippen molar-refractivity contribution in [1.82, 2.24) is 5.32 Å². The minimum Gasteiger partial charge on any atom is -0.468 e. The molecule has 0 saturated heterocycles. The molecule has 4 heteroatoms. The fourth-order valence-corrected chi connectivity index (χ4v) is 1.65. The summed E-state index contributed by atoms with van der Waals surface area (Å²) in [5.41, 5.74) is -1.01. The molecule has 2 aromatic rings. The zero-order chi connectivity index (χ0) is 12.3. The minimum absolute atomic E-state index is 0.403. The van der Waals surface area contributed by atoms with Crippen LogP contribution in [-0.2, 0) is 12.1 Å². The summed E-state index contributed by atoms with van der Waals surface area (Å²) in [6, 6.07) is 7.37. The Kier molecular flexibility index (Phi) is 3.36. The lowest BCUT2D eigenvalue weighted by Crippen LogP contribution is -2.34. The largest absolute Gasteiger partial charge is 0.468 e. The number of nitrogens with one attached hydrogen (secondary N) is 1. The van der Waals surface area contributed by atoms with Gasteiger partial charge in [0, 0.05) is 6.54 Å². The molecule has 17 heavy (non-hydrogen) atoms. The van der Waals surface area contributed by atoms with Crippen molar-refractivity contribution in [2.24, 2.45) is 0 Å². The number of hydrogen-bond acceptors (Lipinski definition) is 4. The highest BCUT2D eigenvalue weighted by Gasteiger charge is 2.26. The zero-order valence-electron chi connectivity index (χ0n) is 10.1. The summed E-state index contributed by atoms with van der Waals surface area (Å²) in [4.78, 5) is 0. The van der Waals surface area contributed by atoms with Crippen molar-refractivity contribution >= 4 is 0 Å². The van der Waals surface area contributed by atoms with Crippen LogP contribution in [0, 0.1) is 6.92 Å². The number of hydrogen-bond donors (Lipinski definition) is 2. The van der Waals surface area contributed by atoms with E-state index >= 15 is 0 Å². The highest BCUT2D eigenvalue weighted by Crippen LogP contribution is 2.21. The summed E-state index contributed by atoms with van der Waals surface area (Å²) in [6.07, 6.45) is 1.63. The van der Waals surface area contributed by atoms with Crippen molar-refractivity contribution < 1.29 is 13.9 Å². The molecule has 0 amide bonds. The molecule has 0 aliphatic carbocycles. The van der Waals surface area contributed by atoms with Crippen LogP contribution in [0.25, 0.3) is 0 Å². The van der Waals surface area contributed by atoms with E-state index in [1.54, 1.807) is 19.3 Å². The molecule has 0 bridgehead atoms. The Morgan fingerprint density at radius 3 is 2.76 bits per heavy atom. The van der Waals surface area contributed by atoms with Gasteiger partial charge in [0.15, 0.2) is 0 Å². The molecule has 0 saturated carbocycles. The van der Waals surface area contributed by atoms with Crippen LogP contribution in [0.1, 0.15) is 24.2 Å². The van der Waals surface area contributed by atoms with Gasteiger partial charge in [-0.1, -0.05) is 0 Å². The third-order valence-corrected chi connectivity index (χ3v) is 2.62. The molecule has 0 aromatic carbocycles. The van der Waals surface area contributed by atoms with E-state index in [4.69, 9.17) is 8.83 Å². The van der Waals surface area contributed by atoms with E-state index in [1.165, 1.54) is 0 Å². The molecule has 0 fully saturated rings. The van der Waals surface area contributed by atoms with Crippen molar-refractivity contribution in [2.45, 2.75) is 26.0 Å². The monoisotopic (exact) mass is 235 g/mol. The third-order valence-electron chi connectivity index (χ3n) is 2.62. The summed E-state index contributed by atoms with van der Waals surface area (Å²) >= 11 is 0. The molecule has 0 radical (unpaired) electrons. The number of furan rings is 2. The number of aliphatic hydroxyl groups is 1. The quantitative estimate of drug-likeness (QED) is 0.834. The lowest BCUT2D eigenvalue weighted by Gasteiger charge is -2.21. The first kappa shape index (κ1) is 12.0. The van der Waals surface area contributed by atoms with Gasteiger partial charge >= 0.3 is 0 Å². The second-order valence-corrected chi connectivity index (χ2v) is 4.37. The first-order chi connectivity index (χ1) is 8.08. The van der Waals surface area contributed by atoms with Gasteiger partial charge in [-0.15, -0.1) is 0 Å². The normalized spacial score (nSPS) is 14.8. The summed E-state index contributed by atoms with van der Waals surface area (Å²) < 4.78 is 10.6. The van der Waals surface area contributed by atoms with E-state index in [-0.39, 0.29) is 0 Å². The van der Waals surface area contributed by atoms with Crippen LogP contribution in [0.4, 0.5) is 0 Å². The lowest BCUT2D eigenvalue weighted by atomic mass is 10.0. The Hall–Kier alpha value is -1.52. The predicted molar refractivity (Wildman–Crippen MR) is 63.4 cm³/mol. The van der Waals surface area contributed by atoms with Crippen LogP contribution in [-0.4, -0.2) is 11.7 Å². The van der Waals surface area contributed by atoms with E-state index in [1.807, 2.05) is 25.1 Å². The van der Waals surface area contributed by atoms with Crippen LogP contribution in [0.2, 0.25) is 0 Å². The third kappa shape index (κ3) is 2.99. The minimum atomic E-state index is -1.01. The number of aryl methyl sites for hydroxylation is 1. The van der Waals surface area contributed by atoms with Crippen molar-refractivity contribution in [2.75, 3.05) is 6.54 Å². The van der Waals surface area contributed by atoms with E-state index in [0.29, 0.717) is 18.8 Å². The Balaban J connectivity index is 1.89.